The van der Waals surface area contributed by atoms with E-state index in [0.29, 0.717) is 11.6 Å². The van der Waals surface area contributed by atoms with Crippen LogP contribution in [0.25, 0.3) is 0 Å². The number of aromatic hydroxyl groups is 1. The third-order valence-corrected chi connectivity index (χ3v) is 1.98. The van der Waals surface area contributed by atoms with Crippen LogP contribution in [0.15, 0.2) is 18.2 Å². The van der Waals surface area contributed by atoms with Crippen molar-refractivity contribution in [2.24, 2.45) is 0 Å². The largest absolute Gasteiger partial charge is 0.507 e. The fourth-order valence-electron chi connectivity index (χ4n) is 1.03. The molecular weight excluding hydrogens is 202 g/mol. The van der Waals surface area contributed by atoms with Crippen LogP contribution < -0.4 is 5.32 Å². The number of phenolic OH excluding ortho intramolecular Hbond substituents is 1. The van der Waals surface area contributed by atoms with E-state index in [1.807, 2.05) is 6.92 Å². The highest BCUT2D eigenvalue weighted by Crippen LogP contribution is 2.21. The topological polar surface area (TPSA) is 49.3 Å². The van der Waals surface area contributed by atoms with Crippen LogP contribution in [0.5, 0.6) is 5.75 Å². The first-order valence-corrected chi connectivity index (χ1v) is 4.79. The Bertz CT molecular complexity index is 339. The van der Waals surface area contributed by atoms with Crippen molar-refractivity contribution in [3.63, 3.8) is 0 Å². The summed E-state index contributed by atoms with van der Waals surface area (Å²) in [5.74, 6) is -0.368. The Balaban J connectivity index is 2.80. The van der Waals surface area contributed by atoms with Gasteiger partial charge in [0.15, 0.2) is 0 Å². The second-order valence-electron chi connectivity index (χ2n) is 2.92. The van der Waals surface area contributed by atoms with E-state index in [0.717, 1.165) is 6.42 Å². The van der Waals surface area contributed by atoms with E-state index in [4.69, 9.17) is 11.6 Å². The summed E-state index contributed by atoms with van der Waals surface area (Å²) >= 11 is 5.63. The maximum absolute atomic E-state index is 11.4. The molecule has 0 aliphatic rings. The maximum atomic E-state index is 11.4. The lowest BCUT2D eigenvalue weighted by Crippen LogP contribution is -2.23. The van der Waals surface area contributed by atoms with Crippen molar-refractivity contribution in [1.82, 2.24) is 5.32 Å². The average Bonchev–Trinajstić information content (AvgIpc) is 2.14. The maximum Gasteiger partial charge on any atom is 0.255 e. The molecule has 0 heterocycles. The first kappa shape index (κ1) is 10.9. The third kappa shape index (κ3) is 2.64. The summed E-state index contributed by atoms with van der Waals surface area (Å²) in [6.07, 6.45) is 0.861. The van der Waals surface area contributed by atoms with Crippen LogP contribution in [0, 0.1) is 0 Å². The molecule has 1 rings (SSSR count). The number of carbonyl (C=O) groups is 1. The van der Waals surface area contributed by atoms with Gasteiger partial charge in [-0.1, -0.05) is 18.5 Å². The number of rotatable bonds is 3. The highest BCUT2D eigenvalue weighted by Gasteiger charge is 2.09. The molecule has 1 aromatic carbocycles. The molecule has 0 aromatic heterocycles. The van der Waals surface area contributed by atoms with Crippen molar-refractivity contribution in [2.75, 3.05) is 6.54 Å². The van der Waals surface area contributed by atoms with Gasteiger partial charge in [0, 0.05) is 11.6 Å². The van der Waals surface area contributed by atoms with Crippen LogP contribution in [-0.4, -0.2) is 17.6 Å². The summed E-state index contributed by atoms with van der Waals surface area (Å²) in [5.41, 5.74) is 0.253. The Labute approximate surface area is 87.7 Å². The molecule has 0 saturated carbocycles. The summed E-state index contributed by atoms with van der Waals surface area (Å²) in [7, 11) is 0. The molecule has 1 aromatic rings. The van der Waals surface area contributed by atoms with Gasteiger partial charge in [0.25, 0.3) is 5.91 Å². The van der Waals surface area contributed by atoms with Crippen LogP contribution >= 0.6 is 11.6 Å². The quantitative estimate of drug-likeness (QED) is 0.809. The first-order chi connectivity index (χ1) is 6.65. The fourth-order valence-corrected chi connectivity index (χ4v) is 1.20. The molecule has 0 unspecified atom stereocenters. The highest BCUT2D eigenvalue weighted by atomic mass is 35.5. The van der Waals surface area contributed by atoms with Crippen molar-refractivity contribution in [3.05, 3.63) is 28.8 Å². The minimum Gasteiger partial charge on any atom is -0.507 e. The Hall–Kier alpha value is -1.22. The molecule has 0 aliphatic heterocycles. The van der Waals surface area contributed by atoms with E-state index >= 15 is 0 Å². The summed E-state index contributed by atoms with van der Waals surface area (Å²) in [6, 6.07) is 4.42. The van der Waals surface area contributed by atoms with E-state index in [2.05, 4.69) is 5.32 Å². The lowest BCUT2D eigenvalue weighted by molar-refractivity contribution is 0.0951. The van der Waals surface area contributed by atoms with Crippen LogP contribution in [0.1, 0.15) is 23.7 Å². The summed E-state index contributed by atoms with van der Waals surface area (Å²) < 4.78 is 0. The molecule has 0 saturated heterocycles. The van der Waals surface area contributed by atoms with E-state index in [1.165, 1.54) is 12.1 Å². The molecule has 4 heteroatoms. The van der Waals surface area contributed by atoms with E-state index in [1.54, 1.807) is 6.07 Å². The summed E-state index contributed by atoms with van der Waals surface area (Å²) in [6.45, 7) is 2.56. The molecule has 14 heavy (non-hydrogen) atoms. The number of carbonyl (C=O) groups excluding carboxylic acids is 1. The predicted molar refractivity (Wildman–Crippen MR) is 55.7 cm³/mol. The second-order valence-corrected chi connectivity index (χ2v) is 3.35. The number of hydrogen-bond donors (Lipinski definition) is 2. The van der Waals surface area contributed by atoms with Gasteiger partial charge in [0.2, 0.25) is 0 Å². The van der Waals surface area contributed by atoms with Crippen molar-refractivity contribution in [2.45, 2.75) is 13.3 Å². The second kappa shape index (κ2) is 4.86. The first-order valence-electron chi connectivity index (χ1n) is 4.42. The highest BCUT2D eigenvalue weighted by molar-refractivity contribution is 6.30. The zero-order valence-electron chi connectivity index (χ0n) is 7.88. The zero-order chi connectivity index (χ0) is 10.6. The van der Waals surface area contributed by atoms with Gasteiger partial charge < -0.3 is 10.4 Å². The molecule has 1 amide bonds. The number of halogens is 1. The molecule has 0 atom stereocenters. The average molecular weight is 214 g/mol. The minimum atomic E-state index is -0.277. The van der Waals surface area contributed by atoms with E-state index in [9.17, 15) is 9.90 Å². The van der Waals surface area contributed by atoms with Gasteiger partial charge in [-0.05, 0) is 24.6 Å². The Morgan fingerprint density at radius 3 is 2.86 bits per heavy atom. The Kier molecular flexibility index (Phi) is 3.77. The molecule has 2 N–H and O–H groups in total. The fraction of sp³-hybridized carbons (Fsp3) is 0.300. The molecule has 0 bridgehead atoms. The number of hydrogen-bond acceptors (Lipinski definition) is 2. The van der Waals surface area contributed by atoms with Crippen LogP contribution in [0.3, 0.4) is 0 Å². The number of benzene rings is 1. The van der Waals surface area contributed by atoms with Crippen molar-refractivity contribution < 1.29 is 9.90 Å². The molecular formula is C10H12ClNO2. The summed E-state index contributed by atoms with van der Waals surface area (Å²) in [5, 5.41) is 12.5. The van der Waals surface area contributed by atoms with Crippen LogP contribution in [0.4, 0.5) is 0 Å². The monoisotopic (exact) mass is 213 g/mol. The van der Waals surface area contributed by atoms with Crippen LogP contribution in [0.2, 0.25) is 5.02 Å². The number of nitrogens with one attached hydrogen (secondary N) is 1. The molecule has 0 aliphatic carbocycles. The van der Waals surface area contributed by atoms with Crippen LogP contribution in [-0.2, 0) is 0 Å². The van der Waals surface area contributed by atoms with Crippen molar-refractivity contribution >= 4 is 17.5 Å². The van der Waals surface area contributed by atoms with Gasteiger partial charge in [-0.3, -0.25) is 4.79 Å². The molecule has 0 fully saturated rings. The predicted octanol–water partition coefficient (Wildman–Crippen LogP) is 2.19. The number of amides is 1. The van der Waals surface area contributed by atoms with Gasteiger partial charge in [-0.2, -0.15) is 0 Å². The molecule has 3 nitrogen and oxygen atoms in total. The summed E-state index contributed by atoms with van der Waals surface area (Å²) in [4.78, 5) is 11.4. The molecule has 0 spiro atoms. The van der Waals surface area contributed by atoms with E-state index in [-0.39, 0.29) is 17.2 Å². The number of phenols is 1. The van der Waals surface area contributed by atoms with E-state index < -0.39 is 0 Å². The molecule has 0 radical (unpaired) electrons. The lowest BCUT2D eigenvalue weighted by atomic mass is 10.2. The SMILES string of the molecule is CCCNC(=O)c1ccc(Cl)cc1O. The Morgan fingerprint density at radius 2 is 2.29 bits per heavy atom. The van der Waals surface area contributed by atoms with Gasteiger partial charge in [0.1, 0.15) is 5.75 Å². The third-order valence-electron chi connectivity index (χ3n) is 1.74. The standard InChI is InChI=1S/C10H12ClNO2/c1-2-5-12-10(14)8-4-3-7(11)6-9(8)13/h3-4,6,13H,2,5H2,1H3,(H,12,14). The Morgan fingerprint density at radius 1 is 1.57 bits per heavy atom. The smallest absolute Gasteiger partial charge is 0.255 e. The van der Waals surface area contributed by atoms with Gasteiger partial charge in [-0.15, -0.1) is 0 Å². The molecule has 76 valence electrons. The zero-order valence-corrected chi connectivity index (χ0v) is 8.64. The van der Waals surface area contributed by atoms with Crippen molar-refractivity contribution in [3.8, 4) is 5.75 Å². The normalized spacial score (nSPS) is 9.86. The van der Waals surface area contributed by atoms with Gasteiger partial charge >= 0.3 is 0 Å². The van der Waals surface area contributed by atoms with Gasteiger partial charge in [0.05, 0.1) is 5.56 Å². The van der Waals surface area contributed by atoms with Crippen molar-refractivity contribution in [1.29, 1.82) is 0 Å². The van der Waals surface area contributed by atoms with Gasteiger partial charge in [-0.25, -0.2) is 0 Å². The lowest BCUT2D eigenvalue weighted by Gasteiger charge is -2.05. The minimum absolute atomic E-state index is 0.0916.